The molecule has 1 fully saturated rings. The summed E-state index contributed by atoms with van der Waals surface area (Å²) in [5.74, 6) is 1.48. The Hall–Kier alpha value is -3.48. The second-order valence-corrected chi connectivity index (χ2v) is 8.69. The number of benzene rings is 2. The van der Waals surface area contributed by atoms with Crippen LogP contribution in [0, 0.1) is 0 Å². The van der Waals surface area contributed by atoms with Crippen LogP contribution in [0.4, 0.5) is 0 Å². The highest BCUT2D eigenvalue weighted by Crippen LogP contribution is 2.40. The fraction of sp³-hybridized carbons (Fsp3) is 0.385. The summed E-state index contributed by atoms with van der Waals surface area (Å²) in [7, 11) is 0. The SMILES string of the molecule is CCc1cccc2c([C@H](CC(=O)N3CCN(C(C)=O)CC3)c3ccc4c(c3)OCO4)c[nH]c12. The molecule has 0 saturated carbocycles. The van der Waals surface area contributed by atoms with Crippen LogP contribution in [0.5, 0.6) is 11.5 Å². The number of rotatable bonds is 5. The number of piperazine rings is 1. The van der Waals surface area contributed by atoms with Gasteiger partial charge in [0, 0.05) is 62.5 Å². The zero-order valence-electron chi connectivity index (χ0n) is 19.1. The Bertz CT molecular complexity index is 1190. The van der Waals surface area contributed by atoms with Gasteiger partial charge in [-0.05, 0) is 35.2 Å². The number of H-pyrrole nitrogens is 1. The molecule has 33 heavy (non-hydrogen) atoms. The first-order chi connectivity index (χ1) is 16.0. The monoisotopic (exact) mass is 447 g/mol. The van der Waals surface area contributed by atoms with Crippen molar-refractivity contribution in [2.45, 2.75) is 32.6 Å². The molecule has 3 heterocycles. The molecule has 1 saturated heterocycles. The second kappa shape index (κ2) is 8.81. The molecule has 172 valence electrons. The van der Waals surface area contributed by atoms with Crippen molar-refractivity contribution < 1.29 is 19.1 Å². The van der Waals surface area contributed by atoms with E-state index in [-0.39, 0.29) is 24.5 Å². The first-order valence-corrected chi connectivity index (χ1v) is 11.6. The molecule has 5 rings (SSSR count). The highest BCUT2D eigenvalue weighted by Gasteiger charge is 2.28. The Labute approximate surface area is 193 Å². The molecule has 0 unspecified atom stereocenters. The molecule has 7 heteroatoms. The molecule has 1 aromatic heterocycles. The predicted molar refractivity (Wildman–Crippen MR) is 126 cm³/mol. The van der Waals surface area contributed by atoms with Crippen molar-refractivity contribution in [3.63, 3.8) is 0 Å². The smallest absolute Gasteiger partial charge is 0.231 e. The lowest BCUT2D eigenvalue weighted by Gasteiger charge is -2.35. The van der Waals surface area contributed by atoms with Gasteiger partial charge in [0.1, 0.15) is 0 Å². The lowest BCUT2D eigenvalue weighted by atomic mass is 9.87. The standard InChI is InChI=1S/C26H29N3O4/c1-3-18-5-4-6-20-22(15-27-26(18)20)21(19-7-8-23-24(13-19)33-16-32-23)14-25(31)29-11-9-28(10-12-29)17(2)30/h4-8,13,15,21,27H,3,9-12,14,16H2,1-2H3/t21-/m1/s1. The van der Waals surface area contributed by atoms with Crippen LogP contribution >= 0.6 is 0 Å². The van der Waals surface area contributed by atoms with E-state index in [0.717, 1.165) is 34.2 Å². The minimum absolute atomic E-state index is 0.0610. The van der Waals surface area contributed by atoms with Crippen molar-refractivity contribution in [1.82, 2.24) is 14.8 Å². The van der Waals surface area contributed by atoms with E-state index in [1.165, 1.54) is 5.56 Å². The maximum Gasteiger partial charge on any atom is 0.231 e. The Morgan fingerprint density at radius 2 is 1.79 bits per heavy atom. The highest BCUT2D eigenvalue weighted by molar-refractivity contribution is 5.88. The molecule has 2 aliphatic heterocycles. The summed E-state index contributed by atoms with van der Waals surface area (Å²) in [5.41, 5.74) is 4.52. The summed E-state index contributed by atoms with van der Waals surface area (Å²) in [6.07, 6.45) is 3.33. The number of hydrogen-bond donors (Lipinski definition) is 1. The summed E-state index contributed by atoms with van der Waals surface area (Å²) in [4.78, 5) is 32.2. The lowest BCUT2D eigenvalue weighted by Crippen LogP contribution is -2.50. The van der Waals surface area contributed by atoms with E-state index in [9.17, 15) is 9.59 Å². The van der Waals surface area contributed by atoms with Gasteiger partial charge < -0.3 is 24.3 Å². The van der Waals surface area contributed by atoms with Gasteiger partial charge in [-0.25, -0.2) is 0 Å². The minimum Gasteiger partial charge on any atom is -0.454 e. The third kappa shape index (κ3) is 4.03. The topological polar surface area (TPSA) is 74.9 Å². The Balaban J connectivity index is 1.48. The first kappa shape index (κ1) is 21.4. The van der Waals surface area contributed by atoms with Crippen LogP contribution in [0.15, 0.2) is 42.6 Å². The van der Waals surface area contributed by atoms with Gasteiger partial charge in [0.25, 0.3) is 0 Å². The number of carbonyl (C=O) groups excluding carboxylic acids is 2. The number of nitrogens with one attached hydrogen (secondary N) is 1. The maximum atomic E-state index is 13.4. The number of hydrogen-bond acceptors (Lipinski definition) is 4. The first-order valence-electron chi connectivity index (χ1n) is 11.6. The van der Waals surface area contributed by atoms with Crippen LogP contribution in [0.1, 0.15) is 42.9 Å². The van der Waals surface area contributed by atoms with Gasteiger partial charge in [0.15, 0.2) is 11.5 Å². The van der Waals surface area contributed by atoms with Crippen molar-refractivity contribution in [3.8, 4) is 11.5 Å². The number of carbonyl (C=O) groups is 2. The van der Waals surface area contributed by atoms with Crippen molar-refractivity contribution in [1.29, 1.82) is 0 Å². The van der Waals surface area contributed by atoms with Crippen LogP contribution in [-0.4, -0.2) is 59.6 Å². The van der Waals surface area contributed by atoms with Crippen LogP contribution in [-0.2, 0) is 16.0 Å². The minimum atomic E-state index is -0.126. The van der Waals surface area contributed by atoms with Crippen LogP contribution in [0.25, 0.3) is 10.9 Å². The van der Waals surface area contributed by atoms with Gasteiger partial charge in [-0.15, -0.1) is 0 Å². The van der Waals surface area contributed by atoms with E-state index in [1.54, 1.807) is 11.8 Å². The number of aromatic amines is 1. The van der Waals surface area contributed by atoms with Crippen LogP contribution in [0.2, 0.25) is 0 Å². The molecular weight excluding hydrogens is 418 g/mol. The molecule has 2 amide bonds. The molecule has 1 N–H and O–H groups in total. The molecule has 0 radical (unpaired) electrons. The molecule has 2 aliphatic rings. The lowest BCUT2D eigenvalue weighted by molar-refractivity contribution is -0.138. The summed E-state index contributed by atoms with van der Waals surface area (Å²) in [6, 6.07) is 12.3. The fourth-order valence-corrected chi connectivity index (χ4v) is 4.93. The van der Waals surface area contributed by atoms with Gasteiger partial charge in [-0.2, -0.15) is 0 Å². The second-order valence-electron chi connectivity index (χ2n) is 8.69. The molecule has 1 atom stereocenters. The van der Waals surface area contributed by atoms with E-state index in [2.05, 4.69) is 30.1 Å². The van der Waals surface area contributed by atoms with Gasteiger partial charge >= 0.3 is 0 Å². The van der Waals surface area contributed by atoms with E-state index >= 15 is 0 Å². The largest absolute Gasteiger partial charge is 0.454 e. The number of para-hydroxylation sites is 1. The molecule has 3 aromatic rings. The highest BCUT2D eigenvalue weighted by atomic mass is 16.7. The average molecular weight is 448 g/mol. The van der Waals surface area contributed by atoms with Gasteiger partial charge in [-0.3, -0.25) is 9.59 Å². The Morgan fingerprint density at radius 1 is 1.03 bits per heavy atom. The Kier molecular flexibility index (Phi) is 5.70. The van der Waals surface area contributed by atoms with Gasteiger partial charge in [-0.1, -0.05) is 31.2 Å². The van der Waals surface area contributed by atoms with Gasteiger partial charge in [0.2, 0.25) is 18.6 Å². The third-order valence-corrected chi connectivity index (χ3v) is 6.85. The average Bonchev–Trinajstić information content (AvgIpc) is 3.49. The van der Waals surface area contributed by atoms with E-state index in [4.69, 9.17) is 9.47 Å². The van der Waals surface area contributed by atoms with Crippen molar-refractivity contribution >= 4 is 22.7 Å². The molecule has 0 spiro atoms. The molecule has 0 bridgehead atoms. The van der Waals surface area contributed by atoms with Crippen LogP contribution < -0.4 is 9.47 Å². The van der Waals surface area contributed by atoms with Crippen LogP contribution in [0.3, 0.4) is 0 Å². The van der Waals surface area contributed by atoms with Gasteiger partial charge in [0.05, 0.1) is 0 Å². The summed E-state index contributed by atoms with van der Waals surface area (Å²) in [5, 5.41) is 1.14. The summed E-state index contributed by atoms with van der Waals surface area (Å²) < 4.78 is 11.1. The van der Waals surface area contributed by atoms with E-state index in [1.807, 2.05) is 29.3 Å². The number of fused-ring (bicyclic) bond motifs is 2. The fourth-order valence-electron chi connectivity index (χ4n) is 4.93. The molecule has 0 aliphatic carbocycles. The summed E-state index contributed by atoms with van der Waals surface area (Å²) in [6.45, 7) is 6.25. The number of ether oxygens (including phenoxy) is 2. The van der Waals surface area contributed by atoms with E-state index in [0.29, 0.717) is 38.3 Å². The van der Waals surface area contributed by atoms with Crippen molar-refractivity contribution in [2.24, 2.45) is 0 Å². The normalized spacial score (nSPS) is 16.3. The number of aromatic nitrogens is 1. The van der Waals surface area contributed by atoms with Crippen molar-refractivity contribution in [3.05, 3.63) is 59.3 Å². The number of aryl methyl sites for hydroxylation is 1. The maximum absolute atomic E-state index is 13.4. The molecule has 2 aromatic carbocycles. The molecular formula is C26H29N3O4. The van der Waals surface area contributed by atoms with Crippen molar-refractivity contribution in [2.75, 3.05) is 33.0 Å². The molecule has 7 nitrogen and oxygen atoms in total. The Morgan fingerprint density at radius 3 is 2.55 bits per heavy atom. The summed E-state index contributed by atoms with van der Waals surface area (Å²) >= 11 is 0. The quantitative estimate of drug-likeness (QED) is 0.648. The zero-order chi connectivity index (χ0) is 22.9. The zero-order valence-corrected chi connectivity index (χ0v) is 19.1. The third-order valence-electron chi connectivity index (χ3n) is 6.85. The number of amides is 2. The van der Waals surface area contributed by atoms with E-state index < -0.39 is 0 Å². The number of nitrogens with zero attached hydrogens (tertiary/aromatic N) is 2. The predicted octanol–water partition coefficient (Wildman–Crippen LogP) is 3.67.